The summed E-state index contributed by atoms with van der Waals surface area (Å²) >= 11 is 0. The molecule has 3 nitrogen and oxygen atoms in total. The first-order valence-electron chi connectivity index (χ1n) is 6.00. The molecule has 2 heterocycles. The first kappa shape index (κ1) is 11.4. The number of fused-ring (bicyclic) bond motifs is 3. The van der Waals surface area contributed by atoms with Crippen LogP contribution in [0.4, 0.5) is 4.39 Å². The average molecular weight is 247 g/mol. The third-order valence-electron chi connectivity index (χ3n) is 3.67. The fraction of sp³-hybridized carbons (Fsp3) is 0.357. The van der Waals surface area contributed by atoms with E-state index in [1.54, 1.807) is 12.1 Å². The van der Waals surface area contributed by atoms with Crippen LogP contribution in [0.3, 0.4) is 0 Å². The van der Waals surface area contributed by atoms with Gasteiger partial charge < -0.3 is 14.1 Å². The Balaban J connectivity index is 2.29. The molecule has 2 aromatic rings. The van der Waals surface area contributed by atoms with Crippen LogP contribution in [0.15, 0.2) is 18.2 Å². The van der Waals surface area contributed by atoms with Crippen molar-refractivity contribution in [3.05, 3.63) is 35.3 Å². The van der Waals surface area contributed by atoms with E-state index < -0.39 is 0 Å². The zero-order valence-corrected chi connectivity index (χ0v) is 10.1. The molecule has 0 amide bonds. The number of aromatic nitrogens is 1. The third kappa shape index (κ3) is 1.56. The van der Waals surface area contributed by atoms with Crippen molar-refractivity contribution in [2.24, 2.45) is 7.05 Å². The molecule has 0 saturated heterocycles. The largest absolute Gasteiger partial charge is 0.375 e. The van der Waals surface area contributed by atoms with Gasteiger partial charge in [-0.2, -0.15) is 0 Å². The van der Waals surface area contributed by atoms with E-state index in [1.165, 1.54) is 6.07 Å². The van der Waals surface area contributed by atoms with Crippen molar-refractivity contribution >= 4 is 17.2 Å². The molecular weight excluding hydrogens is 233 g/mol. The van der Waals surface area contributed by atoms with Gasteiger partial charge >= 0.3 is 0 Å². The second kappa shape index (κ2) is 4.21. The topological polar surface area (TPSA) is 31.2 Å². The van der Waals surface area contributed by atoms with Gasteiger partial charge in [0.05, 0.1) is 13.2 Å². The summed E-state index contributed by atoms with van der Waals surface area (Å²) in [5.74, 6) is -0.205. The Morgan fingerprint density at radius 2 is 2.39 bits per heavy atom. The lowest BCUT2D eigenvalue weighted by Gasteiger charge is -2.22. The zero-order valence-electron chi connectivity index (χ0n) is 10.1. The Hall–Kier alpha value is -1.68. The van der Waals surface area contributed by atoms with E-state index in [-0.39, 0.29) is 11.7 Å². The van der Waals surface area contributed by atoms with E-state index in [0.717, 1.165) is 28.4 Å². The number of ether oxygens (including phenoxy) is 1. The molecule has 18 heavy (non-hydrogen) atoms. The molecule has 0 fully saturated rings. The van der Waals surface area contributed by atoms with Crippen LogP contribution in [0.2, 0.25) is 0 Å². The Morgan fingerprint density at radius 1 is 1.56 bits per heavy atom. The summed E-state index contributed by atoms with van der Waals surface area (Å²) in [4.78, 5) is 10.8. The fourth-order valence-corrected chi connectivity index (χ4v) is 2.81. The Morgan fingerprint density at radius 3 is 3.17 bits per heavy atom. The minimum absolute atomic E-state index is 0.0387. The van der Waals surface area contributed by atoms with E-state index in [2.05, 4.69) is 0 Å². The number of rotatable bonds is 2. The van der Waals surface area contributed by atoms with Crippen LogP contribution in [0, 0.1) is 5.82 Å². The molecule has 94 valence electrons. The van der Waals surface area contributed by atoms with Crippen LogP contribution < -0.4 is 0 Å². The molecule has 0 N–H and O–H groups in total. The van der Waals surface area contributed by atoms with Crippen molar-refractivity contribution in [2.45, 2.75) is 18.9 Å². The molecule has 1 aromatic carbocycles. The number of halogens is 1. The van der Waals surface area contributed by atoms with Gasteiger partial charge in [-0.25, -0.2) is 4.39 Å². The fourth-order valence-electron chi connectivity index (χ4n) is 2.81. The normalized spacial score (nSPS) is 18.9. The number of carbonyl (C=O) groups is 1. The van der Waals surface area contributed by atoms with E-state index in [9.17, 15) is 9.18 Å². The quantitative estimate of drug-likeness (QED) is 0.763. The molecule has 0 bridgehead atoms. The predicted molar refractivity (Wildman–Crippen MR) is 66.0 cm³/mol. The molecule has 0 aliphatic carbocycles. The number of nitrogens with zero attached hydrogens (tertiary/aromatic N) is 1. The SMILES string of the molecule is Cn1c2c(c3cc(F)ccc31)[C@@H](CC=O)COC2. The maximum atomic E-state index is 13.4. The van der Waals surface area contributed by atoms with E-state index in [1.807, 2.05) is 11.6 Å². The van der Waals surface area contributed by atoms with E-state index in [4.69, 9.17) is 4.74 Å². The van der Waals surface area contributed by atoms with Crippen molar-refractivity contribution in [1.29, 1.82) is 0 Å². The van der Waals surface area contributed by atoms with Crippen LogP contribution in [0.5, 0.6) is 0 Å². The van der Waals surface area contributed by atoms with E-state index in [0.29, 0.717) is 19.6 Å². The molecule has 1 aliphatic heterocycles. The summed E-state index contributed by atoms with van der Waals surface area (Å²) in [5, 5.41) is 0.905. The molecular formula is C14H14FNO2. The number of aryl methyl sites for hydroxylation is 1. The maximum Gasteiger partial charge on any atom is 0.123 e. The van der Waals surface area contributed by atoms with E-state index >= 15 is 0 Å². The monoisotopic (exact) mass is 247 g/mol. The van der Waals surface area contributed by atoms with Crippen LogP contribution in [0.25, 0.3) is 10.9 Å². The third-order valence-corrected chi connectivity index (χ3v) is 3.67. The van der Waals surface area contributed by atoms with Gasteiger partial charge in [-0.3, -0.25) is 0 Å². The molecule has 4 heteroatoms. The minimum atomic E-state index is -0.243. The van der Waals surface area contributed by atoms with Crippen molar-refractivity contribution in [2.75, 3.05) is 6.61 Å². The number of hydrogen-bond donors (Lipinski definition) is 0. The van der Waals surface area contributed by atoms with Crippen LogP contribution >= 0.6 is 0 Å². The summed E-state index contributed by atoms with van der Waals surface area (Å²) in [5.41, 5.74) is 3.11. The standard InChI is InChI=1S/C14H14FNO2/c1-16-12-3-2-10(15)6-11(12)14-9(4-5-17)7-18-8-13(14)16/h2-3,5-6,9H,4,7-8H2,1H3/t9-/m0/s1. The van der Waals surface area contributed by atoms with Crippen molar-refractivity contribution in [3.63, 3.8) is 0 Å². The summed E-state index contributed by atoms with van der Waals surface area (Å²) in [6.07, 6.45) is 1.32. The van der Waals surface area contributed by atoms with Gasteiger partial charge in [0, 0.05) is 36.0 Å². The smallest absolute Gasteiger partial charge is 0.123 e. The van der Waals surface area contributed by atoms with Gasteiger partial charge in [0.15, 0.2) is 0 Å². The highest BCUT2D eigenvalue weighted by Crippen LogP contribution is 2.36. The highest BCUT2D eigenvalue weighted by molar-refractivity contribution is 5.86. The Labute approximate surface area is 104 Å². The highest BCUT2D eigenvalue weighted by Gasteiger charge is 2.26. The molecule has 0 unspecified atom stereocenters. The Bertz CT molecular complexity index is 618. The van der Waals surface area contributed by atoms with Crippen LogP contribution in [0.1, 0.15) is 23.6 Å². The highest BCUT2D eigenvalue weighted by atomic mass is 19.1. The molecule has 1 aliphatic rings. The molecule has 1 atom stereocenters. The van der Waals surface area contributed by atoms with Crippen molar-refractivity contribution < 1.29 is 13.9 Å². The van der Waals surface area contributed by atoms with Gasteiger partial charge in [0.25, 0.3) is 0 Å². The van der Waals surface area contributed by atoms with Gasteiger partial charge in [0.1, 0.15) is 12.1 Å². The lowest BCUT2D eigenvalue weighted by atomic mass is 9.92. The summed E-state index contributed by atoms with van der Waals surface area (Å²) in [7, 11) is 1.95. The summed E-state index contributed by atoms with van der Waals surface area (Å²) in [6, 6.07) is 4.79. The lowest BCUT2D eigenvalue weighted by molar-refractivity contribution is -0.108. The first-order chi connectivity index (χ1) is 8.72. The molecule has 3 rings (SSSR count). The van der Waals surface area contributed by atoms with Gasteiger partial charge in [-0.05, 0) is 23.8 Å². The van der Waals surface area contributed by atoms with Gasteiger partial charge in [-0.15, -0.1) is 0 Å². The van der Waals surface area contributed by atoms with Crippen molar-refractivity contribution in [1.82, 2.24) is 4.57 Å². The minimum Gasteiger partial charge on any atom is -0.375 e. The molecule has 1 aromatic heterocycles. The molecule has 0 spiro atoms. The number of aldehydes is 1. The average Bonchev–Trinajstić information content (AvgIpc) is 2.64. The van der Waals surface area contributed by atoms with Crippen LogP contribution in [-0.2, 0) is 23.2 Å². The Kier molecular flexibility index (Phi) is 2.67. The first-order valence-corrected chi connectivity index (χ1v) is 6.00. The lowest BCUT2D eigenvalue weighted by Crippen LogP contribution is -2.18. The number of carbonyl (C=O) groups excluding carboxylic acids is 1. The second-order valence-electron chi connectivity index (χ2n) is 4.70. The second-order valence-corrected chi connectivity index (χ2v) is 4.70. The number of benzene rings is 1. The summed E-state index contributed by atoms with van der Waals surface area (Å²) < 4.78 is 21.0. The zero-order chi connectivity index (χ0) is 12.7. The summed E-state index contributed by atoms with van der Waals surface area (Å²) in [6.45, 7) is 1.05. The maximum absolute atomic E-state index is 13.4. The number of hydrogen-bond acceptors (Lipinski definition) is 2. The van der Waals surface area contributed by atoms with Crippen LogP contribution in [-0.4, -0.2) is 17.5 Å². The molecule has 0 radical (unpaired) electrons. The van der Waals surface area contributed by atoms with Gasteiger partial charge in [0.2, 0.25) is 0 Å². The van der Waals surface area contributed by atoms with Crippen molar-refractivity contribution in [3.8, 4) is 0 Å². The van der Waals surface area contributed by atoms with Gasteiger partial charge in [-0.1, -0.05) is 0 Å². The molecule has 0 saturated carbocycles. The predicted octanol–water partition coefficient (Wildman–Crippen LogP) is 2.52.